The summed E-state index contributed by atoms with van der Waals surface area (Å²) in [5, 5.41) is 13.1. The molecule has 1 aliphatic rings. The fourth-order valence-electron chi connectivity index (χ4n) is 2.79. The standard InChI is InChI=1S/C17H21NOS/c1-11-9-14(7-8-15(11)19)18-12(2)17-10-13-5-3-4-6-16(13)20-17/h7-10,12,18-19H,3-6H2,1-2H3. The van der Waals surface area contributed by atoms with Crippen molar-refractivity contribution >= 4 is 17.0 Å². The summed E-state index contributed by atoms with van der Waals surface area (Å²) in [4.78, 5) is 3.00. The molecule has 1 aromatic carbocycles. The number of hydrogen-bond donors (Lipinski definition) is 2. The molecular formula is C17H21NOS. The summed E-state index contributed by atoms with van der Waals surface area (Å²) in [6, 6.07) is 8.38. The molecule has 2 N–H and O–H groups in total. The van der Waals surface area contributed by atoms with Crippen molar-refractivity contribution in [2.75, 3.05) is 5.32 Å². The van der Waals surface area contributed by atoms with Gasteiger partial charge in [0.2, 0.25) is 0 Å². The van der Waals surface area contributed by atoms with Crippen LogP contribution >= 0.6 is 11.3 Å². The topological polar surface area (TPSA) is 32.3 Å². The molecule has 20 heavy (non-hydrogen) atoms. The first-order valence-electron chi connectivity index (χ1n) is 7.31. The number of benzene rings is 1. The maximum absolute atomic E-state index is 9.58. The molecule has 1 aliphatic carbocycles. The highest BCUT2D eigenvalue weighted by molar-refractivity contribution is 7.12. The molecular weight excluding hydrogens is 266 g/mol. The third-order valence-corrected chi connectivity index (χ3v) is 5.44. The van der Waals surface area contributed by atoms with Crippen molar-refractivity contribution < 1.29 is 5.11 Å². The van der Waals surface area contributed by atoms with Gasteiger partial charge < -0.3 is 10.4 Å². The van der Waals surface area contributed by atoms with Crippen LogP contribution in [0.4, 0.5) is 5.69 Å². The smallest absolute Gasteiger partial charge is 0.118 e. The van der Waals surface area contributed by atoms with Crippen molar-refractivity contribution in [3.05, 3.63) is 45.1 Å². The Bertz CT molecular complexity index is 594. The third kappa shape index (κ3) is 2.68. The molecule has 1 aromatic heterocycles. The van der Waals surface area contributed by atoms with Gasteiger partial charge in [-0.05, 0) is 74.9 Å². The first-order chi connectivity index (χ1) is 9.63. The number of phenols is 1. The first-order valence-corrected chi connectivity index (χ1v) is 8.13. The van der Waals surface area contributed by atoms with E-state index in [4.69, 9.17) is 0 Å². The van der Waals surface area contributed by atoms with E-state index in [1.165, 1.54) is 30.6 Å². The minimum Gasteiger partial charge on any atom is -0.508 e. The van der Waals surface area contributed by atoms with E-state index in [1.807, 2.05) is 30.4 Å². The lowest BCUT2D eigenvalue weighted by Gasteiger charge is -2.14. The van der Waals surface area contributed by atoms with Crippen molar-refractivity contribution in [3.8, 4) is 5.75 Å². The second-order valence-electron chi connectivity index (χ2n) is 5.67. The number of fused-ring (bicyclic) bond motifs is 1. The molecule has 106 valence electrons. The molecule has 0 radical (unpaired) electrons. The Morgan fingerprint density at radius 3 is 2.75 bits per heavy atom. The second-order valence-corrected chi connectivity index (χ2v) is 6.84. The zero-order valence-electron chi connectivity index (χ0n) is 12.1. The number of anilines is 1. The minimum atomic E-state index is 0.314. The van der Waals surface area contributed by atoms with E-state index >= 15 is 0 Å². The number of nitrogens with one attached hydrogen (secondary N) is 1. The van der Waals surface area contributed by atoms with E-state index < -0.39 is 0 Å². The predicted octanol–water partition coefficient (Wildman–Crippen LogP) is 4.81. The van der Waals surface area contributed by atoms with Gasteiger partial charge in [0.05, 0.1) is 6.04 Å². The van der Waals surface area contributed by atoms with Crippen LogP contribution in [-0.2, 0) is 12.8 Å². The van der Waals surface area contributed by atoms with Gasteiger partial charge in [-0.3, -0.25) is 0 Å². The van der Waals surface area contributed by atoms with Crippen LogP contribution in [0.2, 0.25) is 0 Å². The van der Waals surface area contributed by atoms with Gasteiger partial charge in [-0.2, -0.15) is 0 Å². The summed E-state index contributed by atoms with van der Waals surface area (Å²) in [6.07, 6.45) is 5.18. The molecule has 1 unspecified atom stereocenters. The minimum absolute atomic E-state index is 0.314. The summed E-state index contributed by atoms with van der Waals surface area (Å²) in [7, 11) is 0. The van der Waals surface area contributed by atoms with Gasteiger partial charge in [0, 0.05) is 15.4 Å². The van der Waals surface area contributed by atoms with E-state index in [2.05, 4.69) is 18.3 Å². The Balaban J connectivity index is 1.76. The Hall–Kier alpha value is -1.48. The fourth-order valence-corrected chi connectivity index (χ4v) is 4.05. The van der Waals surface area contributed by atoms with Crippen LogP contribution in [0.5, 0.6) is 5.75 Å². The molecule has 1 heterocycles. The van der Waals surface area contributed by atoms with Crippen LogP contribution in [0.15, 0.2) is 24.3 Å². The highest BCUT2D eigenvalue weighted by Gasteiger charge is 2.16. The summed E-state index contributed by atoms with van der Waals surface area (Å²) in [5.74, 6) is 0.356. The maximum Gasteiger partial charge on any atom is 0.118 e. The van der Waals surface area contributed by atoms with Crippen LogP contribution in [-0.4, -0.2) is 5.11 Å². The van der Waals surface area contributed by atoms with Crippen molar-refractivity contribution in [1.29, 1.82) is 0 Å². The van der Waals surface area contributed by atoms with E-state index in [-0.39, 0.29) is 0 Å². The van der Waals surface area contributed by atoms with Crippen molar-refractivity contribution in [1.82, 2.24) is 0 Å². The van der Waals surface area contributed by atoms with Crippen LogP contribution in [0.3, 0.4) is 0 Å². The lowest BCUT2D eigenvalue weighted by molar-refractivity contribution is 0.471. The average molecular weight is 287 g/mol. The molecule has 2 nitrogen and oxygen atoms in total. The Morgan fingerprint density at radius 1 is 1.20 bits per heavy atom. The highest BCUT2D eigenvalue weighted by Crippen LogP contribution is 2.34. The van der Waals surface area contributed by atoms with E-state index in [0.717, 1.165) is 11.3 Å². The Morgan fingerprint density at radius 2 is 2.00 bits per heavy atom. The third-order valence-electron chi connectivity index (χ3n) is 4.02. The Labute approximate surface area is 124 Å². The van der Waals surface area contributed by atoms with Crippen molar-refractivity contribution in [2.24, 2.45) is 0 Å². The van der Waals surface area contributed by atoms with Crippen LogP contribution in [0.25, 0.3) is 0 Å². The molecule has 1 atom stereocenters. The summed E-state index contributed by atoms with van der Waals surface area (Å²) in [5.41, 5.74) is 3.54. The number of aromatic hydroxyl groups is 1. The molecule has 0 aliphatic heterocycles. The quantitative estimate of drug-likeness (QED) is 0.794. The molecule has 0 saturated carbocycles. The molecule has 3 heteroatoms. The normalized spacial score (nSPS) is 15.7. The van der Waals surface area contributed by atoms with Gasteiger partial charge in [-0.15, -0.1) is 11.3 Å². The number of phenolic OH excluding ortho intramolecular Hbond substituents is 1. The largest absolute Gasteiger partial charge is 0.508 e. The van der Waals surface area contributed by atoms with E-state index in [0.29, 0.717) is 11.8 Å². The SMILES string of the molecule is Cc1cc(NC(C)c2cc3c(s2)CCCC3)ccc1O. The van der Waals surface area contributed by atoms with Crippen molar-refractivity contribution in [2.45, 2.75) is 45.6 Å². The zero-order chi connectivity index (χ0) is 14.1. The average Bonchev–Trinajstić information content (AvgIpc) is 2.87. The van der Waals surface area contributed by atoms with Crippen molar-refractivity contribution in [3.63, 3.8) is 0 Å². The van der Waals surface area contributed by atoms with Crippen LogP contribution < -0.4 is 5.32 Å². The number of rotatable bonds is 3. The number of hydrogen-bond acceptors (Lipinski definition) is 3. The summed E-state index contributed by atoms with van der Waals surface area (Å²) in [6.45, 7) is 4.13. The summed E-state index contributed by atoms with van der Waals surface area (Å²) < 4.78 is 0. The van der Waals surface area contributed by atoms with Crippen LogP contribution in [0, 0.1) is 6.92 Å². The zero-order valence-corrected chi connectivity index (χ0v) is 12.9. The monoisotopic (exact) mass is 287 g/mol. The number of aryl methyl sites for hydroxylation is 3. The van der Waals surface area contributed by atoms with Gasteiger partial charge in [0.15, 0.2) is 0 Å². The first kappa shape index (κ1) is 13.5. The molecule has 3 rings (SSSR count). The molecule has 0 fully saturated rings. The van der Waals surface area contributed by atoms with Gasteiger partial charge in [0.25, 0.3) is 0 Å². The van der Waals surface area contributed by atoms with Crippen LogP contribution in [0.1, 0.15) is 46.7 Å². The van der Waals surface area contributed by atoms with Gasteiger partial charge in [0.1, 0.15) is 5.75 Å². The van der Waals surface area contributed by atoms with Gasteiger partial charge in [-0.25, -0.2) is 0 Å². The molecule has 2 aromatic rings. The Kier molecular flexibility index (Phi) is 3.70. The van der Waals surface area contributed by atoms with E-state index in [9.17, 15) is 5.11 Å². The second kappa shape index (κ2) is 5.49. The predicted molar refractivity (Wildman–Crippen MR) is 85.8 cm³/mol. The lowest BCUT2D eigenvalue weighted by Crippen LogP contribution is -2.04. The van der Waals surface area contributed by atoms with E-state index in [1.54, 1.807) is 16.5 Å². The summed E-state index contributed by atoms with van der Waals surface area (Å²) >= 11 is 1.96. The van der Waals surface area contributed by atoms with Gasteiger partial charge in [-0.1, -0.05) is 0 Å². The fraction of sp³-hybridized carbons (Fsp3) is 0.412. The molecule has 0 amide bonds. The lowest BCUT2D eigenvalue weighted by atomic mass is 9.99. The maximum atomic E-state index is 9.58. The molecule has 0 bridgehead atoms. The number of thiophene rings is 1. The molecule has 0 spiro atoms. The van der Waals surface area contributed by atoms with Gasteiger partial charge >= 0.3 is 0 Å². The highest BCUT2D eigenvalue weighted by atomic mass is 32.1. The molecule has 0 saturated heterocycles.